The van der Waals surface area contributed by atoms with Crippen LogP contribution in [-0.4, -0.2) is 57.8 Å². The Bertz CT molecular complexity index is 1900. The van der Waals surface area contributed by atoms with Gasteiger partial charge in [-0.25, -0.2) is 19.1 Å². The summed E-state index contributed by atoms with van der Waals surface area (Å²) >= 11 is 0. The molecule has 0 saturated carbocycles. The lowest BCUT2D eigenvalue weighted by Gasteiger charge is -2.29. The molecule has 3 heterocycles. The molecular weight excluding hydrogens is 625 g/mol. The van der Waals surface area contributed by atoms with Gasteiger partial charge in [-0.15, -0.1) is 0 Å². The number of carbonyl (C=O) groups is 1. The van der Waals surface area contributed by atoms with E-state index < -0.39 is 11.9 Å². The standard InChI is InChI=1S/C37H40FN7O4/c1-24-8-5-9-25(2)35(24)48-37(46)45(30-12-6-10-27(20-30)13-16-34-40-26(3)43-49-34)33-17-18-39-36(42-33)41-29-14-15-32(31(38)21-29)47-23-28-11-7-19-44(4)22-28/h5-6,8-10,12,14-15,17-18,20-21,28H,7,11,13,16,19,22-23H2,1-4H3,(H,39,41,42). The van der Waals surface area contributed by atoms with Crippen molar-refractivity contribution >= 4 is 29.2 Å². The smallest absolute Gasteiger partial charge is 0.425 e. The van der Waals surface area contributed by atoms with Gasteiger partial charge in [-0.1, -0.05) is 35.5 Å². The predicted octanol–water partition coefficient (Wildman–Crippen LogP) is 7.51. The van der Waals surface area contributed by atoms with Gasteiger partial charge in [0.1, 0.15) is 11.6 Å². The summed E-state index contributed by atoms with van der Waals surface area (Å²) in [5, 5.41) is 6.92. The van der Waals surface area contributed by atoms with Gasteiger partial charge >= 0.3 is 6.09 Å². The van der Waals surface area contributed by atoms with E-state index in [0.717, 1.165) is 42.6 Å². The summed E-state index contributed by atoms with van der Waals surface area (Å²) in [6.07, 6.45) is 4.20. The van der Waals surface area contributed by atoms with Crippen LogP contribution in [0, 0.1) is 32.5 Å². The van der Waals surface area contributed by atoms with Crippen molar-refractivity contribution < 1.29 is 23.2 Å². The maximum Gasteiger partial charge on any atom is 0.425 e. The second kappa shape index (κ2) is 15.2. The van der Waals surface area contributed by atoms with Gasteiger partial charge in [-0.05, 0) is 94.6 Å². The number of aromatic nitrogens is 4. The molecule has 1 aliphatic rings. The van der Waals surface area contributed by atoms with Crippen LogP contribution >= 0.6 is 0 Å². The Kier molecular flexibility index (Phi) is 10.4. The van der Waals surface area contributed by atoms with Crippen LogP contribution in [0.2, 0.25) is 0 Å². The van der Waals surface area contributed by atoms with Gasteiger partial charge in [-0.2, -0.15) is 9.97 Å². The van der Waals surface area contributed by atoms with Gasteiger partial charge in [0, 0.05) is 42.9 Å². The Labute approximate surface area is 285 Å². The second-order valence-corrected chi connectivity index (χ2v) is 12.4. The molecule has 11 nitrogen and oxygen atoms in total. The molecule has 0 aliphatic carbocycles. The summed E-state index contributed by atoms with van der Waals surface area (Å²) in [6, 6.07) is 19.5. The number of amides is 1. The fourth-order valence-electron chi connectivity index (χ4n) is 5.94. The quantitative estimate of drug-likeness (QED) is 0.152. The maximum absolute atomic E-state index is 15.1. The third kappa shape index (κ3) is 8.57. The average molecular weight is 666 g/mol. The molecular formula is C37H40FN7O4. The lowest BCUT2D eigenvalue weighted by Crippen LogP contribution is -2.34. The zero-order valence-electron chi connectivity index (χ0n) is 28.1. The first kappa shape index (κ1) is 33.5. The fraction of sp³-hybridized carbons (Fsp3) is 0.324. The molecule has 5 aromatic rings. The van der Waals surface area contributed by atoms with E-state index in [9.17, 15) is 4.79 Å². The molecule has 1 unspecified atom stereocenters. The van der Waals surface area contributed by atoms with E-state index >= 15 is 4.39 Å². The first-order chi connectivity index (χ1) is 23.7. The number of anilines is 4. The molecule has 1 amide bonds. The van der Waals surface area contributed by atoms with Crippen LogP contribution in [0.25, 0.3) is 0 Å². The molecule has 0 bridgehead atoms. The fourth-order valence-corrected chi connectivity index (χ4v) is 5.94. The average Bonchev–Trinajstić information content (AvgIpc) is 3.50. The summed E-state index contributed by atoms with van der Waals surface area (Å²) in [6.45, 7) is 8.02. The Hall–Kier alpha value is -5.36. The molecule has 3 aromatic carbocycles. The van der Waals surface area contributed by atoms with Crippen molar-refractivity contribution in [3.63, 3.8) is 0 Å². The van der Waals surface area contributed by atoms with E-state index in [1.807, 2.05) is 50.2 Å². The van der Waals surface area contributed by atoms with Gasteiger partial charge in [-0.3, -0.25) is 0 Å². The van der Waals surface area contributed by atoms with Crippen LogP contribution in [-0.2, 0) is 12.8 Å². The molecule has 1 N–H and O–H groups in total. The summed E-state index contributed by atoms with van der Waals surface area (Å²) in [7, 11) is 2.09. The van der Waals surface area contributed by atoms with E-state index in [1.54, 1.807) is 31.2 Å². The first-order valence-corrected chi connectivity index (χ1v) is 16.4. The van der Waals surface area contributed by atoms with Crippen molar-refractivity contribution in [2.24, 2.45) is 5.92 Å². The normalized spacial score (nSPS) is 14.8. The van der Waals surface area contributed by atoms with Crippen molar-refractivity contribution in [1.29, 1.82) is 0 Å². The molecule has 1 saturated heterocycles. The number of piperidine rings is 1. The number of carbonyl (C=O) groups excluding carboxylic acids is 1. The van der Waals surface area contributed by atoms with Gasteiger partial charge in [0.15, 0.2) is 17.4 Å². The molecule has 0 radical (unpaired) electrons. The minimum Gasteiger partial charge on any atom is -0.490 e. The summed E-state index contributed by atoms with van der Waals surface area (Å²) in [5.41, 5.74) is 3.56. The topological polar surface area (TPSA) is 119 Å². The number of nitrogens with zero attached hydrogens (tertiary/aromatic N) is 6. The highest BCUT2D eigenvalue weighted by atomic mass is 19.1. The highest BCUT2D eigenvalue weighted by molar-refractivity contribution is 5.96. The second-order valence-electron chi connectivity index (χ2n) is 12.4. The van der Waals surface area contributed by atoms with Crippen molar-refractivity contribution in [1.82, 2.24) is 25.0 Å². The maximum atomic E-state index is 15.1. The molecule has 6 rings (SSSR count). The van der Waals surface area contributed by atoms with Crippen LogP contribution in [0.15, 0.2) is 77.4 Å². The largest absolute Gasteiger partial charge is 0.490 e. The first-order valence-electron chi connectivity index (χ1n) is 16.4. The van der Waals surface area contributed by atoms with Crippen LogP contribution in [0.1, 0.15) is 41.2 Å². The Morgan fingerprint density at radius 2 is 1.86 bits per heavy atom. The molecule has 1 atom stereocenters. The molecule has 1 aliphatic heterocycles. The summed E-state index contributed by atoms with van der Waals surface area (Å²) < 4.78 is 32.2. The van der Waals surface area contributed by atoms with Crippen molar-refractivity contribution in [3.05, 3.63) is 107 Å². The Balaban J connectivity index is 1.23. The minimum atomic E-state index is -0.650. The molecule has 12 heteroatoms. The summed E-state index contributed by atoms with van der Waals surface area (Å²) in [4.78, 5) is 30.9. The number of ether oxygens (including phenoxy) is 2. The van der Waals surface area contributed by atoms with Gasteiger partial charge in [0.2, 0.25) is 11.8 Å². The van der Waals surface area contributed by atoms with Gasteiger partial charge in [0.25, 0.3) is 0 Å². The lowest BCUT2D eigenvalue weighted by molar-refractivity contribution is 0.147. The Morgan fingerprint density at radius 1 is 1.04 bits per heavy atom. The summed E-state index contributed by atoms with van der Waals surface area (Å²) in [5.74, 6) is 2.09. The highest BCUT2D eigenvalue weighted by Gasteiger charge is 2.24. The van der Waals surface area contributed by atoms with Crippen molar-refractivity contribution in [2.75, 3.05) is 37.0 Å². The molecule has 2 aromatic heterocycles. The number of para-hydroxylation sites is 1. The van der Waals surface area contributed by atoms with Crippen LogP contribution in [0.3, 0.4) is 0 Å². The number of nitrogens with one attached hydrogen (secondary N) is 1. The third-order valence-electron chi connectivity index (χ3n) is 8.40. The van der Waals surface area contributed by atoms with Crippen LogP contribution in [0.4, 0.5) is 32.3 Å². The number of hydrogen-bond acceptors (Lipinski definition) is 10. The molecule has 1 fully saturated rings. The van der Waals surface area contributed by atoms with Crippen LogP contribution < -0.4 is 19.7 Å². The van der Waals surface area contributed by atoms with E-state index in [-0.39, 0.29) is 17.5 Å². The number of hydrogen-bond donors (Lipinski definition) is 1. The number of halogens is 1. The van der Waals surface area contributed by atoms with Gasteiger partial charge < -0.3 is 24.2 Å². The Morgan fingerprint density at radius 3 is 2.61 bits per heavy atom. The number of rotatable bonds is 11. The zero-order chi connectivity index (χ0) is 34.3. The number of likely N-dealkylation sites (tertiary alicyclic amines) is 1. The molecule has 49 heavy (non-hydrogen) atoms. The van der Waals surface area contributed by atoms with Crippen molar-refractivity contribution in [2.45, 2.75) is 46.5 Å². The SMILES string of the molecule is Cc1noc(CCc2cccc(N(C(=O)Oc3c(C)cccc3C)c3ccnc(Nc4ccc(OCC5CCCN(C)C5)c(F)c4)n3)c2)n1. The minimum absolute atomic E-state index is 0.170. The molecule has 0 spiro atoms. The zero-order valence-corrected chi connectivity index (χ0v) is 28.1. The predicted molar refractivity (Wildman–Crippen MR) is 184 cm³/mol. The van der Waals surface area contributed by atoms with E-state index in [2.05, 4.69) is 37.4 Å². The highest BCUT2D eigenvalue weighted by Crippen LogP contribution is 2.31. The number of aryl methyl sites for hydroxylation is 5. The third-order valence-corrected chi connectivity index (χ3v) is 8.40. The van der Waals surface area contributed by atoms with Crippen molar-refractivity contribution in [3.8, 4) is 11.5 Å². The van der Waals surface area contributed by atoms with E-state index in [1.165, 1.54) is 17.2 Å². The van der Waals surface area contributed by atoms with Crippen LogP contribution in [0.5, 0.6) is 11.5 Å². The number of benzene rings is 3. The monoisotopic (exact) mass is 665 g/mol. The van der Waals surface area contributed by atoms with Gasteiger partial charge in [0.05, 0.1) is 12.3 Å². The lowest BCUT2D eigenvalue weighted by atomic mass is 10.00. The van der Waals surface area contributed by atoms with E-state index in [0.29, 0.717) is 54.2 Å². The van der Waals surface area contributed by atoms with E-state index in [4.69, 9.17) is 14.0 Å². The molecule has 254 valence electrons.